The van der Waals surface area contributed by atoms with E-state index >= 15 is 0 Å². The topological polar surface area (TPSA) is 67.4 Å². The van der Waals surface area contributed by atoms with Crippen LogP contribution in [0.5, 0.6) is 5.75 Å². The molecule has 0 saturated heterocycles. The van der Waals surface area contributed by atoms with E-state index in [2.05, 4.69) is 10.6 Å². The van der Waals surface area contributed by atoms with Gasteiger partial charge in [-0.1, -0.05) is 24.3 Å². The van der Waals surface area contributed by atoms with E-state index < -0.39 is 0 Å². The summed E-state index contributed by atoms with van der Waals surface area (Å²) < 4.78 is 5.44. The molecule has 2 rings (SSSR count). The maximum absolute atomic E-state index is 11.8. The van der Waals surface area contributed by atoms with E-state index in [1.807, 2.05) is 30.3 Å². The number of carbonyl (C=O) groups excluding carboxylic acids is 2. The van der Waals surface area contributed by atoms with Crippen LogP contribution in [0.4, 0.5) is 5.69 Å². The zero-order valence-electron chi connectivity index (χ0n) is 13.5. The zero-order valence-corrected chi connectivity index (χ0v) is 14.3. The van der Waals surface area contributed by atoms with Crippen LogP contribution in [0.25, 0.3) is 0 Å². The van der Waals surface area contributed by atoms with Gasteiger partial charge in [0, 0.05) is 35.9 Å². The lowest BCUT2D eigenvalue weighted by Gasteiger charge is -2.09. The number of hydrogen-bond acceptors (Lipinski definition) is 4. The molecule has 2 aromatic carbocycles. The van der Waals surface area contributed by atoms with Crippen LogP contribution in [-0.2, 0) is 9.59 Å². The van der Waals surface area contributed by atoms with Crippen molar-refractivity contribution in [1.82, 2.24) is 5.32 Å². The molecular weight excluding hydrogens is 324 g/mol. The van der Waals surface area contributed by atoms with E-state index in [0.717, 1.165) is 5.75 Å². The Morgan fingerprint density at radius 3 is 2.62 bits per heavy atom. The van der Waals surface area contributed by atoms with Crippen molar-refractivity contribution in [2.24, 2.45) is 0 Å². The van der Waals surface area contributed by atoms with E-state index in [-0.39, 0.29) is 18.4 Å². The van der Waals surface area contributed by atoms with Crippen molar-refractivity contribution in [2.45, 2.75) is 11.8 Å². The molecule has 6 heteroatoms. The highest BCUT2D eigenvalue weighted by molar-refractivity contribution is 7.99. The van der Waals surface area contributed by atoms with Crippen LogP contribution in [0.3, 0.4) is 0 Å². The van der Waals surface area contributed by atoms with E-state index in [1.54, 1.807) is 36.0 Å². The first-order chi connectivity index (χ1) is 11.6. The molecule has 5 nitrogen and oxygen atoms in total. The fourth-order valence-corrected chi connectivity index (χ4v) is 2.73. The Morgan fingerprint density at radius 2 is 1.88 bits per heavy atom. The van der Waals surface area contributed by atoms with Crippen LogP contribution < -0.4 is 15.4 Å². The Morgan fingerprint density at radius 1 is 1.08 bits per heavy atom. The van der Waals surface area contributed by atoms with Gasteiger partial charge < -0.3 is 15.4 Å². The Labute approximate surface area is 145 Å². The summed E-state index contributed by atoms with van der Waals surface area (Å²) in [5, 5.41) is 5.48. The van der Waals surface area contributed by atoms with E-state index in [1.165, 1.54) is 11.8 Å². The molecule has 0 aliphatic heterocycles. The first-order valence-corrected chi connectivity index (χ1v) is 8.57. The van der Waals surface area contributed by atoms with Gasteiger partial charge in [0.15, 0.2) is 6.61 Å². The number of ether oxygens (including phenoxy) is 1. The van der Waals surface area contributed by atoms with Crippen LogP contribution in [0.2, 0.25) is 0 Å². The molecule has 2 amide bonds. The minimum absolute atomic E-state index is 0.0560. The van der Waals surface area contributed by atoms with Crippen molar-refractivity contribution in [3.8, 4) is 5.75 Å². The molecule has 0 bridgehead atoms. The van der Waals surface area contributed by atoms with Crippen LogP contribution in [0.15, 0.2) is 59.5 Å². The molecule has 24 heavy (non-hydrogen) atoms. The van der Waals surface area contributed by atoms with Crippen molar-refractivity contribution in [3.05, 3.63) is 54.6 Å². The number of amides is 2. The van der Waals surface area contributed by atoms with Gasteiger partial charge in [-0.25, -0.2) is 0 Å². The molecule has 2 aromatic rings. The molecule has 0 heterocycles. The summed E-state index contributed by atoms with van der Waals surface area (Å²) in [6.07, 6.45) is 0. The average molecular weight is 344 g/mol. The fourth-order valence-electron chi connectivity index (χ4n) is 1.94. The minimum Gasteiger partial charge on any atom is -0.484 e. The van der Waals surface area contributed by atoms with Gasteiger partial charge in [-0.05, 0) is 24.3 Å². The van der Waals surface area contributed by atoms with Crippen molar-refractivity contribution in [1.29, 1.82) is 0 Å². The predicted octanol–water partition coefficient (Wildman–Crippen LogP) is 2.93. The quantitative estimate of drug-likeness (QED) is 0.571. The Bertz CT molecular complexity index is 677. The lowest BCUT2D eigenvalue weighted by atomic mass is 10.3. The molecule has 126 valence electrons. The van der Waals surface area contributed by atoms with Gasteiger partial charge in [-0.2, -0.15) is 0 Å². The summed E-state index contributed by atoms with van der Waals surface area (Å²) in [6, 6.07) is 17.0. The van der Waals surface area contributed by atoms with Gasteiger partial charge in [0.1, 0.15) is 5.75 Å². The third-order valence-electron chi connectivity index (χ3n) is 2.96. The lowest BCUT2D eigenvalue weighted by Crippen LogP contribution is -2.30. The Hall–Kier alpha value is -2.47. The highest BCUT2D eigenvalue weighted by atomic mass is 32.2. The predicted molar refractivity (Wildman–Crippen MR) is 96.4 cm³/mol. The minimum atomic E-state index is -0.173. The largest absolute Gasteiger partial charge is 0.484 e. The van der Waals surface area contributed by atoms with Gasteiger partial charge in [-0.15, -0.1) is 11.8 Å². The van der Waals surface area contributed by atoms with Crippen molar-refractivity contribution in [2.75, 3.05) is 24.2 Å². The third kappa shape index (κ3) is 6.75. The number of anilines is 1. The highest BCUT2D eigenvalue weighted by Crippen LogP contribution is 2.17. The summed E-state index contributed by atoms with van der Waals surface area (Å²) in [7, 11) is 0. The first kappa shape index (κ1) is 17.9. The number of rotatable bonds is 8. The molecule has 0 unspecified atom stereocenters. The van der Waals surface area contributed by atoms with Crippen LogP contribution in [0, 0.1) is 0 Å². The smallest absolute Gasteiger partial charge is 0.257 e. The maximum Gasteiger partial charge on any atom is 0.257 e. The zero-order chi connectivity index (χ0) is 17.2. The standard InChI is InChI=1S/C18H20N2O3S/c1-14(21)20-15-6-5-7-16(12-15)23-13-18(22)19-10-11-24-17-8-3-2-4-9-17/h2-9,12H,10-11,13H2,1H3,(H,19,22)(H,20,21). The second-order valence-corrected chi connectivity index (χ2v) is 6.18. The first-order valence-electron chi connectivity index (χ1n) is 7.58. The third-order valence-corrected chi connectivity index (χ3v) is 3.97. The van der Waals surface area contributed by atoms with Crippen LogP contribution in [0.1, 0.15) is 6.92 Å². The lowest BCUT2D eigenvalue weighted by molar-refractivity contribution is -0.123. The van der Waals surface area contributed by atoms with E-state index in [9.17, 15) is 9.59 Å². The van der Waals surface area contributed by atoms with Crippen LogP contribution in [-0.4, -0.2) is 30.7 Å². The molecule has 0 atom stereocenters. The molecule has 0 aliphatic rings. The maximum atomic E-state index is 11.8. The molecule has 0 fully saturated rings. The fraction of sp³-hybridized carbons (Fsp3) is 0.222. The number of thioether (sulfide) groups is 1. The van der Waals surface area contributed by atoms with Gasteiger partial charge >= 0.3 is 0 Å². The number of nitrogens with one attached hydrogen (secondary N) is 2. The molecule has 0 aromatic heterocycles. The number of benzene rings is 2. The molecule has 0 saturated carbocycles. The van der Waals surface area contributed by atoms with Gasteiger partial charge in [-0.3, -0.25) is 9.59 Å². The molecule has 2 N–H and O–H groups in total. The normalized spacial score (nSPS) is 10.0. The summed E-state index contributed by atoms with van der Waals surface area (Å²) in [5.41, 5.74) is 0.639. The second-order valence-electron chi connectivity index (χ2n) is 5.01. The Balaban J connectivity index is 1.66. The molecule has 0 radical (unpaired) electrons. The van der Waals surface area contributed by atoms with Gasteiger partial charge in [0.05, 0.1) is 0 Å². The highest BCUT2D eigenvalue weighted by Gasteiger charge is 2.04. The monoisotopic (exact) mass is 344 g/mol. The summed E-state index contributed by atoms with van der Waals surface area (Å²) in [6.45, 7) is 1.96. The van der Waals surface area contributed by atoms with Crippen molar-refractivity contribution < 1.29 is 14.3 Å². The Kier molecular flexibility index (Phi) is 7.17. The van der Waals surface area contributed by atoms with Crippen molar-refractivity contribution >= 4 is 29.3 Å². The average Bonchev–Trinajstić information content (AvgIpc) is 2.58. The van der Waals surface area contributed by atoms with Gasteiger partial charge in [0.25, 0.3) is 5.91 Å². The molecule has 0 spiro atoms. The van der Waals surface area contributed by atoms with Crippen molar-refractivity contribution in [3.63, 3.8) is 0 Å². The molecular formula is C18H20N2O3S. The number of hydrogen-bond donors (Lipinski definition) is 2. The summed E-state index contributed by atoms with van der Waals surface area (Å²) in [5.74, 6) is 1.01. The number of carbonyl (C=O) groups is 2. The van der Waals surface area contributed by atoms with Crippen LogP contribution >= 0.6 is 11.8 Å². The molecule has 0 aliphatic carbocycles. The van der Waals surface area contributed by atoms with E-state index in [4.69, 9.17) is 4.74 Å². The summed E-state index contributed by atoms with van der Waals surface area (Å²) in [4.78, 5) is 24.0. The van der Waals surface area contributed by atoms with Gasteiger partial charge in [0.2, 0.25) is 5.91 Å². The summed E-state index contributed by atoms with van der Waals surface area (Å²) >= 11 is 1.69. The van der Waals surface area contributed by atoms with E-state index in [0.29, 0.717) is 18.0 Å². The second kappa shape index (κ2) is 9.62. The SMILES string of the molecule is CC(=O)Nc1cccc(OCC(=O)NCCSc2ccccc2)c1.